The van der Waals surface area contributed by atoms with Crippen molar-refractivity contribution in [1.82, 2.24) is 15.1 Å². The summed E-state index contributed by atoms with van der Waals surface area (Å²) in [4.78, 5) is 38.3. The molecule has 2 rings (SSSR count). The van der Waals surface area contributed by atoms with Gasteiger partial charge in [-0.2, -0.15) is 0 Å². The average Bonchev–Trinajstić information content (AvgIpc) is 2.57. The van der Waals surface area contributed by atoms with E-state index in [4.69, 9.17) is 4.74 Å². The molecular formula is C12H19N3O4. The van der Waals surface area contributed by atoms with E-state index in [-0.39, 0.29) is 24.8 Å². The standard InChI is InChI=1S/C12H19N3O4/c1-12(2)10(17)15(11(18)13-12)4-3-9(16)14-5-7-19-8-6-14/h3-8H2,1-2H3,(H,13,18). The Hall–Kier alpha value is -1.63. The number of morpholine rings is 1. The maximum absolute atomic E-state index is 11.9. The zero-order valence-corrected chi connectivity index (χ0v) is 11.3. The minimum absolute atomic E-state index is 0.0476. The van der Waals surface area contributed by atoms with Crippen molar-refractivity contribution in [3.05, 3.63) is 0 Å². The van der Waals surface area contributed by atoms with Crippen LogP contribution in [0.25, 0.3) is 0 Å². The van der Waals surface area contributed by atoms with Crippen LogP contribution < -0.4 is 5.32 Å². The van der Waals surface area contributed by atoms with Crippen molar-refractivity contribution in [1.29, 1.82) is 0 Å². The van der Waals surface area contributed by atoms with Gasteiger partial charge < -0.3 is 15.0 Å². The fourth-order valence-corrected chi connectivity index (χ4v) is 2.20. The summed E-state index contributed by atoms with van der Waals surface area (Å²) in [6.45, 7) is 5.66. The summed E-state index contributed by atoms with van der Waals surface area (Å²) in [5.41, 5.74) is -0.876. The van der Waals surface area contributed by atoms with E-state index >= 15 is 0 Å². The van der Waals surface area contributed by atoms with E-state index in [2.05, 4.69) is 5.32 Å². The third-order valence-corrected chi connectivity index (χ3v) is 3.36. The average molecular weight is 269 g/mol. The summed E-state index contributed by atoms with van der Waals surface area (Å²) in [5.74, 6) is -0.333. The lowest BCUT2D eigenvalue weighted by atomic mass is 10.1. The Morgan fingerprint density at radius 2 is 1.95 bits per heavy atom. The molecule has 0 unspecified atom stereocenters. The Morgan fingerprint density at radius 3 is 2.47 bits per heavy atom. The van der Waals surface area contributed by atoms with Crippen molar-refractivity contribution < 1.29 is 19.1 Å². The summed E-state index contributed by atoms with van der Waals surface area (Å²) in [5, 5.41) is 2.59. The Labute approximate surface area is 111 Å². The van der Waals surface area contributed by atoms with Gasteiger partial charge in [-0.3, -0.25) is 14.5 Å². The van der Waals surface area contributed by atoms with E-state index < -0.39 is 11.6 Å². The smallest absolute Gasteiger partial charge is 0.325 e. The Morgan fingerprint density at radius 1 is 1.32 bits per heavy atom. The molecule has 19 heavy (non-hydrogen) atoms. The minimum Gasteiger partial charge on any atom is -0.378 e. The normalized spacial score (nSPS) is 22.6. The minimum atomic E-state index is -0.876. The van der Waals surface area contributed by atoms with E-state index in [9.17, 15) is 14.4 Å². The van der Waals surface area contributed by atoms with Gasteiger partial charge in [0, 0.05) is 26.1 Å². The number of hydrogen-bond donors (Lipinski definition) is 1. The number of ether oxygens (including phenoxy) is 1. The van der Waals surface area contributed by atoms with Crippen molar-refractivity contribution in [2.75, 3.05) is 32.8 Å². The van der Waals surface area contributed by atoms with Crippen LogP contribution in [0, 0.1) is 0 Å². The number of imide groups is 1. The van der Waals surface area contributed by atoms with Crippen molar-refractivity contribution in [2.45, 2.75) is 25.8 Å². The van der Waals surface area contributed by atoms with Crippen LogP contribution in [0.1, 0.15) is 20.3 Å². The summed E-state index contributed by atoms with van der Waals surface area (Å²) in [6.07, 6.45) is 0.162. The number of carbonyl (C=O) groups excluding carboxylic acids is 3. The molecule has 2 fully saturated rings. The van der Waals surface area contributed by atoms with E-state index in [0.29, 0.717) is 26.3 Å². The lowest BCUT2D eigenvalue weighted by molar-refractivity contribution is -0.136. The molecule has 4 amide bonds. The van der Waals surface area contributed by atoms with Crippen LogP contribution >= 0.6 is 0 Å². The van der Waals surface area contributed by atoms with Gasteiger partial charge in [-0.15, -0.1) is 0 Å². The van der Waals surface area contributed by atoms with E-state index in [1.165, 1.54) is 0 Å². The van der Waals surface area contributed by atoms with Crippen molar-refractivity contribution >= 4 is 17.8 Å². The van der Waals surface area contributed by atoms with Crippen molar-refractivity contribution in [3.63, 3.8) is 0 Å². The Balaban J connectivity index is 1.87. The number of amides is 4. The molecule has 2 heterocycles. The maximum atomic E-state index is 11.9. The van der Waals surface area contributed by atoms with E-state index in [0.717, 1.165) is 4.90 Å². The van der Waals surface area contributed by atoms with E-state index in [1.807, 2.05) is 0 Å². The van der Waals surface area contributed by atoms with Gasteiger partial charge in [0.2, 0.25) is 5.91 Å². The number of carbonyl (C=O) groups is 3. The van der Waals surface area contributed by atoms with E-state index in [1.54, 1.807) is 18.7 Å². The molecule has 2 saturated heterocycles. The molecule has 0 saturated carbocycles. The summed E-state index contributed by atoms with van der Waals surface area (Å²) in [6, 6.07) is -0.426. The molecule has 0 spiro atoms. The molecule has 106 valence electrons. The van der Waals surface area contributed by atoms with Crippen LogP contribution in [0.3, 0.4) is 0 Å². The molecule has 1 N–H and O–H groups in total. The largest absolute Gasteiger partial charge is 0.378 e. The van der Waals surface area contributed by atoms with Gasteiger partial charge in [0.05, 0.1) is 13.2 Å². The number of nitrogens with one attached hydrogen (secondary N) is 1. The third-order valence-electron chi connectivity index (χ3n) is 3.36. The first-order valence-corrected chi connectivity index (χ1v) is 6.41. The molecule has 0 radical (unpaired) electrons. The molecule has 2 aliphatic heterocycles. The lowest BCUT2D eigenvalue weighted by Gasteiger charge is -2.27. The third kappa shape index (κ3) is 2.86. The molecule has 0 aromatic heterocycles. The Kier molecular flexibility index (Phi) is 3.75. The zero-order chi connectivity index (χ0) is 14.0. The maximum Gasteiger partial charge on any atom is 0.325 e. The van der Waals surface area contributed by atoms with Gasteiger partial charge >= 0.3 is 6.03 Å². The molecule has 0 aromatic rings. The highest BCUT2D eigenvalue weighted by molar-refractivity contribution is 6.06. The zero-order valence-electron chi connectivity index (χ0n) is 11.3. The van der Waals surface area contributed by atoms with Gasteiger partial charge in [0.1, 0.15) is 5.54 Å². The predicted molar refractivity (Wildman–Crippen MR) is 66.3 cm³/mol. The highest BCUT2D eigenvalue weighted by Crippen LogP contribution is 2.17. The SMILES string of the molecule is CC1(C)NC(=O)N(CCC(=O)N2CCOCC2)C1=O. The van der Waals surface area contributed by atoms with Gasteiger partial charge in [-0.25, -0.2) is 4.79 Å². The van der Waals surface area contributed by atoms with Crippen LogP contribution in [0.4, 0.5) is 4.79 Å². The van der Waals surface area contributed by atoms with Crippen LogP contribution in [0.15, 0.2) is 0 Å². The molecule has 0 atom stereocenters. The number of hydrogen-bond acceptors (Lipinski definition) is 4. The second kappa shape index (κ2) is 5.16. The van der Waals surface area contributed by atoms with Crippen LogP contribution in [-0.4, -0.2) is 66.0 Å². The topological polar surface area (TPSA) is 79.0 Å². The van der Waals surface area contributed by atoms with Crippen molar-refractivity contribution in [2.24, 2.45) is 0 Å². The molecular weight excluding hydrogens is 250 g/mol. The van der Waals surface area contributed by atoms with Crippen LogP contribution in [0.2, 0.25) is 0 Å². The van der Waals surface area contributed by atoms with Crippen LogP contribution in [-0.2, 0) is 14.3 Å². The fourth-order valence-electron chi connectivity index (χ4n) is 2.20. The first-order chi connectivity index (χ1) is 8.92. The van der Waals surface area contributed by atoms with Crippen molar-refractivity contribution in [3.8, 4) is 0 Å². The summed E-state index contributed by atoms with van der Waals surface area (Å²) < 4.78 is 5.17. The first kappa shape index (κ1) is 13.8. The fraction of sp³-hybridized carbons (Fsp3) is 0.750. The first-order valence-electron chi connectivity index (χ1n) is 6.41. The second-order valence-electron chi connectivity index (χ2n) is 5.26. The monoisotopic (exact) mass is 269 g/mol. The molecule has 7 heteroatoms. The molecule has 0 bridgehead atoms. The summed E-state index contributed by atoms with van der Waals surface area (Å²) in [7, 11) is 0. The quantitative estimate of drug-likeness (QED) is 0.705. The van der Waals surface area contributed by atoms with Gasteiger partial charge in [0.25, 0.3) is 5.91 Å². The van der Waals surface area contributed by atoms with Gasteiger partial charge in [0.15, 0.2) is 0 Å². The molecule has 2 aliphatic rings. The number of nitrogens with zero attached hydrogens (tertiary/aromatic N) is 2. The van der Waals surface area contributed by atoms with Gasteiger partial charge in [-0.1, -0.05) is 0 Å². The number of rotatable bonds is 3. The molecule has 7 nitrogen and oxygen atoms in total. The Bertz CT molecular complexity index is 402. The van der Waals surface area contributed by atoms with Crippen LogP contribution in [0.5, 0.6) is 0 Å². The number of urea groups is 1. The highest BCUT2D eigenvalue weighted by Gasteiger charge is 2.44. The van der Waals surface area contributed by atoms with Gasteiger partial charge in [-0.05, 0) is 13.8 Å². The molecule has 0 aromatic carbocycles. The summed E-state index contributed by atoms with van der Waals surface area (Å²) >= 11 is 0. The highest BCUT2D eigenvalue weighted by atomic mass is 16.5. The lowest BCUT2D eigenvalue weighted by Crippen LogP contribution is -2.43. The second-order valence-corrected chi connectivity index (χ2v) is 5.26. The predicted octanol–water partition coefficient (Wildman–Crippen LogP) is -0.434. The molecule has 0 aliphatic carbocycles.